The fraction of sp³-hybridized carbons (Fsp3) is 0.0952. The minimum Gasteiger partial charge on any atom is -0.322 e. The third-order valence-corrected chi connectivity index (χ3v) is 4.76. The number of anilines is 1. The van der Waals surface area contributed by atoms with Crippen LogP contribution >= 0.6 is 11.8 Å². The van der Waals surface area contributed by atoms with Gasteiger partial charge in [-0.25, -0.2) is 9.97 Å². The van der Waals surface area contributed by atoms with Crippen LogP contribution in [0.1, 0.15) is 11.1 Å². The second-order valence-electron chi connectivity index (χ2n) is 6.02. The highest BCUT2D eigenvalue weighted by Gasteiger charge is 2.35. The Balaban J connectivity index is 1.78. The van der Waals surface area contributed by atoms with E-state index >= 15 is 0 Å². The van der Waals surface area contributed by atoms with Gasteiger partial charge in [-0.1, -0.05) is 30.3 Å². The molecule has 1 aromatic heterocycles. The van der Waals surface area contributed by atoms with E-state index in [1.165, 1.54) is 36.0 Å². The van der Waals surface area contributed by atoms with E-state index in [2.05, 4.69) is 15.3 Å². The molecule has 0 radical (unpaired) electrons. The molecule has 3 rings (SSSR count). The van der Waals surface area contributed by atoms with E-state index in [4.69, 9.17) is 0 Å². The van der Waals surface area contributed by atoms with Gasteiger partial charge in [-0.2, -0.15) is 13.2 Å². The number of nitrogens with one attached hydrogen (secondary N) is 1. The topological polar surface area (TPSA) is 54.9 Å². The SMILES string of the molecule is Cc1cc(Sc2ncccn2)ccc1NC(=O)/C=C(/c1ccccc1)C(F)(F)F. The number of carbonyl (C=O) groups is 1. The molecule has 0 aliphatic heterocycles. The molecular weight excluding hydrogens is 399 g/mol. The lowest BCUT2D eigenvalue weighted by atomic mass is 10.0. The molecule has 0 fully saturated rings. The maximum atomic E-state index is 13.4. The number of nitrogens with zero attached hydrogens (tertiary/aromatic N) is 2. The number of benzene rings is 2. The molecule has 0 unspecified atom stereocenters. The van der Waals surface area contributed by atoms with Crippen molar-refractivity contribution in [3.8, 4) is 0 Å². The summed E-state index contributed by atoms with van der Waals surface area (Å²) in [7, 11) is 0. The smallest absolute Gasteiger partial charge is 0.322 e. The molecule has 1 N–H and O–H groups in total. The van der Waals surface area contributed by atoms with Gasteiger partial charge in [0.2, 0.25) is 5.91 Å². The predicted molar refractivity (Wildman–Crippen MR) is 106 cm³/mol. The highest BCUT2D eigenvalue weighted by Crippen LogP contribution is 2.34. The largest absolute Gasteiger partial charge is 0.417 e. The first-order valence-corrected chi connectivity index (χ1v) is 9.35. The zero-order valence-electron chi connectivity index (χ0n) is 15.3. The lowest BCUT2D eigenvalue weighted by molar-refractivity contribution is -0.112. The van der Waals surface area contributed by atoms with Crippen molar-refractivity contribution in [1.29, 1.82) is 0 Å². The van der Waals surface area contributed by atoms with Gasteiger partial charge < -0.3 is 5.32 Å². The predicted octanol–water partition coefficient (Wildman–Crippen LogP) is 5.52. The van der Waals surface area contributed by atoms with Gasteiger partial charge in [0.15, 0.2) is 5.16 Å². The van der Waals surface area contributed by atoms with Crippen molar-refractivity contribution in [3.63, 3.8) is 0 Å². The zero-order chi connectivity index (χ0) is 20.9. The zero-order valence-corrected chi connectivity index (χ0v) is 16.1. The summed E-state index contributed by atoms with van der Waals surface area (Å²) in [6.07, 6.45) is -0.804. The molecule has 1 heterocycles. The van der Waals surface area contributed by atoms with E-state index in [1.54, 1.807) is 43.6 Å². The van der Waals surface area contributed by atoms with Crippen LogP contribution < -0.4 is 5.32 Å². The summed E-state index contributed by atoms with van der Waals surface area (Å²) in [4.78, 5) is 21.4. The van der Waals surface area contributed by atoms with Crippen molar-refractivity contribution in [3.05, 3.63) is 84.2 Å². The molecule has 0 saturated carbocycles. The van der Waals surface area contributed by atoms with Crippen molar-refractivity contribution in [2.45, 2.75) is 23.2 Å². The van der Waals surface area contributed by atoms with Crippen molar-refractivity contribution < 1.29 is 18.0 Å². The Hall–Kier alpha value is -3.13. The molecular formula is C21H16F3N3OS. The summed E-state index contributed by atoms with van der Waals surface area (Å²) in [5.41, 5.74) is 0.0725. The second kappa shape index (κ2) is 8.91. The Kier molecular flexibility index (Phi) is 6.33. The number of rotatable bonds is 5. The van der Waals surface area contributed by atoms with Crippen LogP contribution in [0.2, 0.25) is 0 Å². The normalized spacial score (nSPS) is 11.9. The van der Waals surface area contributed by atoms with Crippen LogP contribution in [0.3, 0.4) is 0 Å². The van der Waals surface area contributed by atoms with Crippen LogP contribution in [-0.4, -0.2) is 22.1 Å². The van der Waals surface area contributed by atoms with Gasteiger partial charge >= 0.3 is 6.18 Å². The number of carbonyl (C=O) groups excluding carboxylic acids is 1. The molecule has 0 aliphatic rings. The molecule has 1 amide bonds. The van der Waals surface area contributed by atoms with Gasteiger partial charge in [-0.3, -0.25) is 4.79 Å². The number of aromatic nitrogens is 2. The highest BCUT2D eigenvalue weighted by molar-refractivity contribution is 7.99. The van der Waals surface area contributed by atoms with Gasteiger partial charge in [0.25, 0.3) is 0 Å². The van der Waals surface area contributed by atoms with Crippen molar-refractivity contribution >= 4 is 28.9 Å². The average molecular weight is 415 g/mol. The third-order valence-electron chi connectivity index (χ3n) is 3.87. The first-order valence-electron chi connectivity index (χ1n) is 8.54. The van der Waals surface area contributed by atoms with Crippen LogP contribution in [-0.2, 0) is 4.79 Å². The first-order chi connectivity index (χ1) is 13.8. The Labute approximate surface area is 169 Å². The summed E-state index contributed by atoms with van der Waals surface area (Å²) < 4.78 is 40.1. The van der Waals surface area contributed by atoms with Crippen molar-refractivity contribution in [2.75, 3.05) is 5.32 Å². The van der Waals surface area contributed by atoms with Gasteiger partial charge in [-0.15, -0.1) is 0 Å². The van der Waals surface area contributed by atoms with E-state index < -0.39 is 17.7 Å². The lowest BCUT2D eigenvalue weighted by Gasteiger charge is -2.13. The summed E-state index contributed by atoms with van der Waals surface area (Å²) in [6, 6.07) is 14.1. The van der Waals surface area contributed by atoms with Crippen LogP contribution in [0.15, 0.2) is 83.1 Å². The Morgan fingerprint density at radius 3 is 2.34 bits per heavy atom. The summed E-state index contributed by atoms with van der Waals surface area (Å²) in [6.45, 7) is 1.76. The van der Waals surface area contributed by atoms with E-state index in [0.29, 0.717) is 22.5 Å². The van der Waals surface area contributed by atoms with Gasteiger partial charge in [-0.05, 0) is 54.1 Å². The molecule has 148 valence electrons. The fourth-order valence-corrected chi connectivity index (χ4v) is 3.34. The third kappa shape index (κ3) is 5.68. The van der Waals surface area contributed by atoms with E-state index in [-0.39, 0.29) is 5.56 Å². The summed E-state index contributed by atoms with van der Waals surface area (Å²) in [5.74, 6) is -0.851. The molecule has 0 aliphatic carbocycles. The maximum Gasteiger partial charge on any atom is 0.417 e. The second-order valence-corrected chi connectivity index (χ2v) is 7.06. The number of allylic oxidation sites excluding steroid dienone is 1. The first kappa shape index (κ1) is 20.6. The number of aryl methyl sites for hydroxylation is 1. The number of hydrogen-bond acceptors (Lipinski definition) is 4. The Morgan fingerprint density at radius 1 is 1.03 bits per heavy atom. The van der Waals surface area contributed by atoms with Crippen molar-refractivity contribution in [1.82, 2.24) is 9.97 Å². The summed E-state index contributed by atoms with van der Waals surface area (Å²) in [5, 5.41) is 3.09. The number of halogens is 3. The van der Waals surface area contributed by atoms with E-state index in [1.807, 2.05) is 6.07 Å². The minimum atomic E-state index is -4.65. The molecule has 0 spiro atoms. The number of hydrogen-bond donors (Lipinski definition) is 1. The Bertz CT molecular complexity index is 1020. The number of amides is 1. The van der Waals surface area contributed by atoms with Gasteiger partial charge in [0.05, 0.1) is 5.57 Å². The molecule has 3 aromatic rings. The molecule has 2 aromatic carbocycles. The summed E-state index contributed by atoms with van der Waals surface area (Å²) >= 11 is 1.35. The molecule has 0 saturated heterocycles. The van der Waals surface area contributed by atoms with Gasteiger partial charge in [0.1, 0.15) is 0 Å². The standard InChI is InChI=1S/C21H16F3N3OS/c1-14-12-16(29-20-25-10-5-11-26-20)8-9-18(14)27-19(28)13-17(21(22,23)24)15-6-3-2-4-7-15/h2-13H,1H3,(H,27,28)/b17-13-. The molecule has 0 atom stereocenters. The lowest BCUT2D eigenvalue weighted by Crippen LogP contribution is -2.16. The van der Waals surface area contributed by atoms with E-state index in [0.717, 1.165) is 4.90 Å². The van der Waals surface area contributed by atoms with Crippen molar-refractivity contribution in [2.24, 2.45) is 0 Å². The maximum absolute atomic E-state index is 13.4. The Morgan fingerprint density at radius 2 is 1.72 bits per heavy atom. The van der Waals surface area contributed by atoms with Gasteiger partial charge in [0, 0.05) is 29.1 Å². The highest BCUT2D eigenvalue weighted by atomic mass is 32.2. The minimum absolute atomic E-state index is 0.0681. The van der Waals surface area contributed by atoms with Crippen LogP contribution in [0, 0.1) is 6.92 Å². The van der Waals surface area contributed by atoms with E-state index in [9.17, 15) is 18.0 Å². The quantitative estimate of drug-likeness (QED) is 0.440. The van der Waals surface area contributed by atoms with Crippen LogP contribution in [0.25, 0.3) is 5.57 Å². The molecule has 8 heteroatoms. The monoisotopic (exact) mass is 415 g/mol. The van der Waals surface area contributed by atoms with Crippen LogP contribution in [0.5, 0.6) is 0 Å². The fourth-order valence-electron chi connectivity index (χ4n) is 2.53. The van der Waals surface area contributed by atoms with Crippen LogP contribution in [0.4, 0.5) is 18.9 Å². The average Bonchev–Trinajstić information content (AvgIpc) is 2.69. The molecule has 4 nitrogen and oxygen atoms in total. The molecule has 0 bridgehead atoms. The molecule has 29 heavy (non-hydrogen) atoms. The number of alkyl halides is 3.